The van der Waals surface area contributed by atoms with Crippen molar-refractivity contribution in [3.05, 3.63) is 0 Å². The van der Waals surface area contributed by atoms with Gasteiger partial charge < -0.3 is 21.7 Å². The number of hydrogen-bond acceptors (Lipinski definition) is 3. The van der Waals surface area contributed by atoms with E-state index >= 15 is 0 Å². The van der Waals surface area contributed by atoms with Crippen molar-refractivity contribution < 1.29 is 23.2 Å². The van der Waals surface area contributed by atoms with E-state index < -0.39 is 29.8 Å². The number of carbonyl (C=O) groups is 3. The van der Waals surface area contributed by atoms with Gasteiger partial charge in [0.15, 0.2) is 0 Å². The molecule has 0 unspecified atom stereocenters. The molecule has 3 aliphatic rings. The van der Waals surface area contributed by atoms with Crippen LogP contribution in [0.4, 0.5) is 13.6 Å². The lowest BCUT2D eigenvalue weighted by Crippen LogP contribution is -2.57. The molecule has 0 bridgehead atoms. The summed E-state index contributed by atoms with van der Waals surface area (Å²) >= 11 is 0. The first-order chi connectivity index (χ1) is 14.7. The van der Waals surface area contributed by atoms with Gasteiger partial charge in [-0.3, -0.25) is 9.59 Å². The van der Waals surface area contributed by atoms with Crippen LogP contribution in [-0.2, 0) is 9.59 Å². The summed E-state index contributed by atoms with van der Waals surface area (Å²) in [6.07, 6.45) is 6.07. The molecule has 3 fully saturated rings. The average molecular weight is 443 g/mol. The number of fused-ring (bicyclic) bond motifs is 1. The second kappa shape index (κ2) is 9.69. The molecular weight excluding hydrogens is 406 g/mol. The van der Waals surface area contributed by atoms with Gasteiger partial charge in [-0.15, -0.1) is 0 Å². The quantitative estimate of drug-likeness (QED) is 0.440. The molecule has 0 aromatic rings. The van der Waals surface area contributed by atoms with Crippen LogP contribution in [-0.4, -0.2) is 42.4 Å². The number of amides is 4. The Kier molecular flexibility index (Phi) is 7.42. The first kappa shape index (κ1) is 23.7. The van der Waals surface area contributed by atoms with Crippen LogP contribution in [0.1, 0.15) is 65.2 Å². The van der Waals surface area contributed by atoms with Crippen molar-refractivity contribution in [2.24, 2.45) is 35.3 Å². The lowest BCUT2D eigenvalue weighted by molar-refractivity contribution is -0.127. The van der Waals surface area contributed by atoms with E-state index in [0.29, 0.717) is 12.8 Å². The van der Waals surface area contributed by atoms with Crippen LogP contribution in [0.3, 0.4) is 0 Å². The number of nitrogens with one attached hydrogen (secondary N) is 3. The third kappa shape index (κ3) is 5.47. The maximum absolute atomic E-state index is 13.9. The summed E-state index contributed by atoms with van der Waals surface area (Å²) in [6.45, 7) is 4.00. The first-order valence-corrected chi connectivity index (χ1v) is 11.7. The van der Waals surface area contributed by atoms with Crippen molar-refractivity contribution in [3.8, 4) is 0 Å². The Morgan fingerprint density at radius 3 is 2.32 bits per heavy atom. The van der Waals surface area contributed by atoms with Crippen molar-refractivity contribution in [1.29, 1.82) is 0 Å². The number of hydrogen-bond donors (Lipinski definition) is 4. The fourth-order valence-electron chi connectivity index (χ4n) is 5.52. The van der Waals surface area contributed by atoms with E-state index in [1.165, 1.54) is 0 Å². The van der Waals surface area contributed by atoms with Crippen LogP contribution < -0.4 is 21.7 Å². The standard InChI is InChI=1S/C22H36F2N4O3/c1-3-12(2)18(28-21(25)31)20(30)27-15(13-7-5-4-6-8-13)11-26-19(29)16-14-9-10-22(23,24)17(14)16/h12-18H,3-11H2,1-2H3,(H,26,29)(H,27,30)(H3,25,28,31)/t12-,14-,15-,16+,17-,18-/m0/s1. The third-order valence-corrected chi connectivity index (χ3v) is 7.61. The maximum atomic E-state index is 13.9. The highest BCUT2D eigenvalue weighted by Crippen LogP contribution is 2.64. The van der Waals surface area contributed by atoms with E-state index in [1.807, 2.05) is 13.8 Å². The van der Waals surface area contributed by atoms with Crippen LogP contribution in [0.25, 0.3) is 0 Å². The molecule has 0 aromatic carbocycles. The van der Waals surface area contributed by atoms with Crippen molar-refractivity contribution in [1.82, 2.24) is 16.0 Å². The number of urea groups is 1. The molecule has 7 nitrogen and oxygen atoms in total. The molecule has 31 heavy (non-hydrogen) atoms. The van der Waals surface area contributed by atoms with Gasteiger partial charge in [0.2, 0.25) is 11.8 Å². The van der Waals surface area contributed by atoms with Crippen LogP contribution in [0, 0.1) is 29.6 Å². The molecule has 0 aliphatic heterocycles. The van der Waals surface area contributed by atoms with Crippen molar-refractivity contribution in [3.63, 3.8) is 0 Å². The Balaban J connectivity index is 1.62. The predicted molar refractivity (Wildman–Crippen MR) is 112 cm³/mol. The zero-order valence-corrected chi connectivity index (χ0v) is 18.5. The zero-order valence-electron chi connectivity index (χ0n) is 18.5. The Morgan fingerprint density at radius 2 is 1.77 bits per heavy atom. The largest absolute Gasteiger partial charge is 0.354 e. The summed E-state index contributed by atoms with van der Waals surface area (Å²) in [5.74, 6) is -4.97. The number of halogens is 2. The molecule has 0 heterocycles. The van der Waals surface area contributed by atoms with Gasteiger partial charge >= 0.3 is 6.03 Å². The number of alkyl halides is 2. The third-order valence-electron chi connectivity index (χ3n) is 7.61. The van der Waals surface area contributed by atoms with Crippen molar-refractivity contribution in [2.75, 3.05) is 6.54 Å². The van der Waals surface area contributed by atoms with Crippen LogP contribution in [0.2, 0.25) is 0 Å². The van der Waals surface area contributed by atoms with E-state index in [9.17, 15) is 23.2 Å². The monoisotopic (exact) mass is 442 g/mol. The van der Waals surface area contributed by atoms with Gasteiger partial charge in [-0.1, -0.05) is 39.5 Å². The van der Waals surface area contributed by atoms with Gasteiger partial charge in [0, 0.05) is 24.9 Å². The lowest BCUT2D eigenvalue weighted by atomic mass is 9.83. The van der Waals surface area contributed by atoms with E-state index in [4.69, 9.17) is 5.73 Å². The highest BCUT2D eigenvalue weighted by atomic mass is 19.3. The Morgan fingerprint density at radius 1 is 1.10 bits per heavy atom. The number of rotatable bonds is 9. The minimum absolute atomic E-state index is 0.109. The van der Waals surface area contributed by atoms with E-state index in [0.717, 1.165) is 32.1 Å². The fourth-order valence-corrected chi connectivity index (χ4v) is 5.52. The van der Waals surface area contributed by atoms with Crippen molar-refractivity contribution in [2.45, 2.75) is 83.2 Å². The molecule has 0 saturated heterocycles. The van der Waals surface area contributed by atoms with Gasteiger partial charge in [-0.25, -0.2) is 13.6 Å². The highest BCUT2D eigenvalue weighted by Gasteiger charge is 2.69. The molecule has 9 heteroatoms. The molecule has 0 spiro atoms. The summed E-state index contributed by atoms with van der Waals surface area (Å²) in [5, 5.41) is 8.38. The molecule has 0 radical (unpaired) electrons. The normalized spacial score (nSPS) is 29.9. The summed E-state index contributed by atoms with van der Waals surface area (Å²) in [7, 11) is 0. The smallest absolute Gasteiger partial charge is 0.312 e. The van der Waals surface area contributed by atoms with E-state index in [2.05, 4.69) is 16.0 Å². The summed E-state index contributed by atoms with van der Waals surface area (Å²) < 4.78 is 27.7. The topological polar surface area (TPSA) is 113 Å². The first-order valence-electron chi connectivity index (χ1n) is 11.7. The van der Waals surface area contributed by atoms with Gasteiger partial charge in [-0.2, -0.15) is 0 Å². The number of nitrogens with two attached hydrogens (primary N) is 1. The molecule has 0 aromatic heterocycles. The summed E-state index contributed by atoms with van der Waals surface area (Å²) in [6, 6.07) is -1.83. The Hall–Kier alpha value is -1.93. The molecule has 4 amide bonds. The lowest BCUT2D eigenvalue weighted by Gasteiger charge is -2.33. The summed E-state index contributed by atoms with van der Waals surface area (Å²) in [4.78, 5) is 36.9. The molecule has 6 atom stereocenters. The number of primary amides is 1. The molecule has 176 valence electrons. The SMILES string of the molecule is CC[C@H](C)[C@H](NC(N)=O)C(=O)N[C@@H](CNC(=O)[C@@H]1[C@@H]2CCC(F)(F)[C@@H]21)C1CCCCC1. The molecular formula is C22H36F2N4O3. The van der Waals surface area contributed by atoms with Gasteiger partial charge in [-0.05, 0) is 37.0 Å². The van der Waals surface area contributed by atoms with Crippen LogP contribution >= 0.6 is 0 Å². The second-order valence-corrected chi connectivity index (χ2v) is 9.65. The minimum atomic E-state index is -2.74. The minimum Gasteiger partial charge on any atom is -0.354 e. The predicted octanol–water partition coefficient (Wildman–Crippen LogP) is 2.54. The van der Waals surface area contributed by atoms with Crippen LogP contribution in [0.15, 0.2) is 0 Å². The summed E-state index contributed by atoms with van der Waals surface area (Å²) in [5.41, 5.74) is 5.25. The zero-order chi connectivity index (χ0) is 22.8. The highest BCUT2D eigenvalue weighted by molar-refractivity contribution is 5.87. The fraction of sp³-hybridized carbons (Fsp3) is 0.864. The van der Waals surface area contributed by atoms with Crippen molar-refractivity contribution >= 4 is 17.8 Å². The van der Waals surface area contributed by atoms with Gasteiger partial charge in [0.1, 0.15) is 6.04 Å². The Labute approximate surface area is 182 Å². The van der Waals surface area contributed by atoms with E-state index in [1.54, 1.807) is 0 Å². The van der Waals surface area contributed by atoms with Gasteiger partial charge in [0.05, 0.1) is 5.92 Å². The second-order valence-electron chi connectivity index (χ2n) is 9.65. The molecule has 3 saturated carbocycles. The number of carbonyl (C=O) groups excluding carboxylic acids is 3. The van der Waals surface area contributed by atoms with Gasteiger partial charge in [0.25, 0.3) is 5.92 Å². The van der Waals surface area contributed by atoms with E-state index in [-0.39, 0.29) is 48.6 Å². The molecule has 5 N–H and O–H groups in total. The van der Waals surface area contributed by atoms with Crippen LogP contribution in [0.5, 0.6) is 0 Å². The maximum Gasteiger partial charge on any atom is 0.312 e. The average Bonchev–Trinajstić information content (AvgIpc) is 3.41. The molecule has 3 rings (SSSR count). The Bertz CT molecular complexity index is 684. The molecule has 3 aliphatic carbocycles.